The lowest BCUT2D eigenvalue weighted by atomic mass is 10.1. The van der Waals surface area contributed by atoms with Crippen LogP contribution in [0.5, 0.6) is 0 Å². The molecule has 0 bridgehead atoms. The summed E-state index contributed by atoms with van der Waals surface area (Å²) in [6.07, 6.45) is 12.2. The highest BCUT2D eigenvalue weighted by molar-refractivity contribution is 5.39. The minimum absolute atomic E-state index is 0.669. The lowest BCUT2D eigenvalue weighted by molar-refractivity contribution is 0.619. The minimum atomic E-state index is 0.669. The Morgan fingerprint density at radius 3 is 2.67 bits per heavy atom. The highest BCUT2D eigenvalue weighted by Gasteiger charge is 2.12. The molecule has 0 aliphatic heterocycles. The molecule has 0 radical (unpaired) electrons. The molecule has 15 heavy (non-hydrogen) atoms. The predicted molar refractivity (Wildman–Crippen MR) is 63.0 cm³/mol. The molecule has 0 amide bonds. The molecule has 0 saturated heterocycles. The Kier molecular flexibility index (Phi) is 3.64. The SMILES string of the molecule is CCn1cc(NC2CCCCCC2)cn1. The van der Waals surface area contributed by atoms with Gasteiger partial charge in [-0.05, 0) is 19.8 Å². The first-order valence-corrected chi connectivity index (χ1v) is 6.17. The van der Waals surface area contributed by atoms with Crippen molar-refractivity contribution in [3.8, 4) is 0 Å². The third-order valence-electron chi connectivity index (χ3n) is 3.18. The zero-order valence-corrected chi connectivity index (χ0v) is 9.58. The molecule has 3 heteroatoms. The third kappa shape index (κ3) is 2.98. The van der Waals surface area contributed by atoms with E-state index in [1.54, 1.807) is 0 Å². The second-order valence-electron chi connectivity index (χ2n) is 4.42. The largest absolute Gasteiger partial charge is 0.380 e. The average molecular weight is 207 g/mol. The van der Waals surface area contributed by atoms with Crippen LogP contribution in [-0.4, -0.2) is 15.8 Å². The molecule has 1 aromatic rings. The van der Waals surface area contributed by atoms with Gasteiger partial charge in [-0.3, -0.25) is 4.68 Å². The molecular formula is C12H21N3. The zero-order valence-electron chi connectivity index (χ0n) is 9.58. The van der Waals surface area contributed by atoms with Gasteiger partial charge in [0.1, 0.15) is 0 Å². The molecule has 0 atom stereocenters. The maximum Gasteiger partial charge on any atom is 0.0728 e. The van der Waals surface area contributed by atoms with Gasteiger partial charge in [-0.15, -0.1) is 0 Å². The van der Waals surface area contributed by atoms with Crippen molar-refractivity contribution in [2.75, 3.05) is 5.32 Å². The number of hydrogen-bond donors (Lipinski definition) is 1. The second kappa shape index (κ2) is 5.19. The molecule has 1 aliphatic rings. The predicted octanol–water partition coefficient (Wildman–Crippen LogP) is 3.04. The fourth-order valence-electron chi connectivity index (χ4n) is 2.27. The monoisotopic (exact) mass is 207 g/mol. The molecule has 0 unspecified atom stereocenters. The lowest BCUT2D eigenvalue weighted by Crippen LogP contribution is -2.17. The molecule has 2 rings (SSSR count). The Morgan fingerprint density at radius 2 is 2.07 bits per heavy atom. The van der Waals surface area contributed by atoms with Crippen LogP contribution in [0.3, 0.4) is 0 Å². The van der Waals surface area contributed by atoms with E-state index >= 15 is 0 Å². The van der Waals surface area contributed by atoms with E-state index in [2.05, 4.69) is 23.5 Å². The summed E-state index contributed by atoms with van der Waals surface area (Å²) in [5.74, 6) is 0. The van der Waals surface area contributed by atoms with Crippen LogP contribution in [0.2, 0.25) is 0 Å². The number of aryl methyl sites for hydroxylation is 1. The van der Waals surface area contributed by atoms with Gasteiger partial charge < -0.3 is 5.32 Å². The minimum Gasteiger partial charge on any atom is -0.380 e. The molecule has 1 aliphatic carbocycles. The van der Waals surface area contributed by atoms with Crippen molar-refractivity contribution in [2.24, 2.45) is 0 Å². The summed E-state index contributed by atoms with van der Waals surface area (Å²) in [4.78, 5) is 0. The summed E-state index contributed by atoms with van der Waals surface area (Å²) in [6, 6.07) is 0.669. The van der Waals surface area contributed by atoms with Crippen LogP contribution in [0, 0.1) is 0 Å². The van der Waals surface area contributed by atoms with Crippen molar-refractivity contribution in [3.63, 3.8) is 0 Å². The summed E-state index contributed by atoms with van der Waals surface area (Å²) in [7, 11) is 0. The molecule has 84 valence electrons. The number of anilines is 1. The standard InChI is InChI=1S/C12H21N3/c1-2-15-10-12(9-13-15)14-11-7-5-3-4-6-8-11/h9-11,14H,2-8H2,1H3. The maximum absolute atomic E-state index is 4.28. The first-order chi connectivity index (χ1) is 7.38. The molecule has 0 spiro atoms. The van der Waals surface area contributed by atoms with E-state index in [4.69, 9.17) is 0 Å². The van der Waals surface area contributed by atoms with Gasteiger partial charge in [-0.2, -0.15) is 5.10 Å². The van der Waals surface area contributed by atoms with Crippen molar-refractivity contribution in [1.29, 1.82) is 0 Å². The maximum atomic E-state index is 4.28. The molecule has 1 aromatic heterocycles. The smallest absolute Gasteiger partial charge is 0.0728 e. The van der Waals surface area contributed by atoms with E-state index in [9.17, 15) is 0 Å². The van der Waals surface area contributed by atoms with Crippen molar-refractivity contribution in [2.45, 2.75) is 58.0 Å². The van der Waals surface area contributed by atoms with E-state index in [0.717, 1.165) is 6.54 Å². The fraction of sp³-hybridized carbons (Fsp3) is 0.750. The Balaban J connectivity index is 1.89. The van der Waals surface area contributed by atoms with Crippen molar-refractivity contribution >= 4 is 5.69 Å². The van der Waals surface area contributed by atoms with Gasteiger partial charge in [0, 0.05) is 18.8 Å². The van der Waals surface area contributed by atoms with Crippen molar-refractivity contribution in [3.05, 3.63) is 12.4 Å². The van der Waals surface area contributed by atoms with Gasteiger partial charge >= 0.3 is 0 Å². The Hall–Kier alpha value is -0.990. The highest BCUT2D eigenvalue weighted by Crippen LogP contribution is 2.20. The molecule has 1 heterocycles. The van der Waals surface area contributed by atoms with E-state index in [1.807, 2.05) is 10.9 Å². The van der Waals surface area contributed by atoms with Gasteiger partial charge in [0.25, 0.3) is 0 Å². The Labute approximate surface area is 91.9 Å². The summed E-state index contributed by atoms with van der Waals surface area (Å²) >= 11 is 0. The molecule has 1 saturated carbocycles. The Morgan fingerprint density at radius 1 is 1.33 bits per heavy atom. The molecule has 3 nitrogen and oxygen atoms in total. The van der Waals surface area contributed by atoms with Gasteiger partial charge in [0.2, 0.25) is 0 Å². The summed E-state index contributed by atoms with van der Waals surface area (Å²) in [5, 5.41) is 7.87. The van der Waals surface area contributed by atoms with Gasteiger partial charge in [-0.1, -0.05) is 25.7 Å². The van der Waals surface area contributed by atoms with Crippen LogP contribution in [-0.2, 0) is 6.54 Å². The summed E-state index contributed by atoms with van der Waals surface area (Å²) in [6.45, 7) is 3.06. The van der Waals surface area contributed by atoms with Crippen LogP contribution in [0.15, 0.2) is 12.4 Å². The van der Waals surface area contributed by atoms with Crippen LogP contribution < -0.4 is 5.32 Å². The molecule has 0 aromatic carbocycles. The molecular weight excluding hydrogens is 186 g/mol. The average Bonchev–Trinajstić information content (AvgIpc) is 2.54. The van der Waals surface area contributed by atoms with E-state index in [1.165, 1.54) is 44.2 Å². The molecule has 1 fully saturated rings. The molecule has 1 N–H and O–H groups in total. The third-order valence-corrected chi connectivity index (χ3v) is 3.18. The van der Waals surface area contributed by atoms with Crippen LogP contribution in [0.25, 0.3) is 0 Å². The summed E-state index contributed by atoms with van der Waals surface area (Å²) < 4.78 is 1.97. The van der Waals surface area contributed by atoms with Crippen molar-refractivity contribution < 1.29 is 0 Å². The van der Waals surface area contributed by atoms with E-state index in [0.29, 0.717) is 6.04 Å². The second-order valence-corrected chi connectivity index (χ2v) is 4.42. The summed E-state index contributed by atoms with van der Waals surface area (Å²) in [5.41, 5.74) is 1.18. The first-order valence-electron chi connectivity index (χ1n) is 6.17. The van der Waals surface area contributed by atoms with Gasteiger partial charge in [-0.25, -0.2) is 0 Å². The van der Waals surface area contributed by atoms with Crippen LogP contribution in [0.1, 0.15) is 45.4 Å². The van der Waals surface area contributed by atoms with E-state index < -0.39 is 0 Å². The first kappa shape index (κ1) is 10.5. The lowest BCUT2D eigenvalue weighted by Gasteiger charge is -2.15. The number of nitrogens with one attached hydrogen (secondary N) is 1. The van der Waals surface area contributed by atoms with Gasteiger partial charge in [0.15, 0.2) is 0 Å². The number of aromatic nitrogens is 2. The normalized spacial score (nSPS) is 18.7. The number of hydrogen-bond acceptors (Lipinski definition) is 2. The van der Waals surface area contributed by atoms with Crippen molar-refractivity contribution in [1.82, 2.24) is 9.78 Å². The topological polar surface area (TPSA) is 29.9 Å². The van der Waals surface area contributed by atoms with E-state index in [-0.39, 0.29) is 0 Å². The highest BCUT2D eigenvalue weighted by atomic mass is 15.3. The van der Waals surface area contributed by atoms with Crippen LogP contribution >= 0.6 is 0 Å². The number of rotatable bonds is 3. The van der Waals surface area contributed by atoms with Crippen LogP contribution in [0.4, 0.5) is 5.69 Å². The Bertz CT molecular complexity index is 285. The quantitative estimate of drug-likeness (QED) is 0.772. The zero-order chi connectivity index (χ0) is 10.5. The van der Waals surface area contributed by atoms with Gasteiger partial charge in [0.05, 0.1) is 11.9 Å². The number of nitrogens with zero attached hydrogens (tertiary/aromatic N) is 2. The fourth-order valence-corrected chi connectivity index (χ4v) is 2.27.